The highest BCUT2D eigenvalue weighted by atomic mass is 35.5. The Morgan fingerprint density at radius 2 is 1.90 bits per heavy atom. The molecule has 5 heteroatoms. The zero-order valence-corrected chi connectivity index (χ0v) is 19.9. The van der Waals surface area contributed by atoms with E-state index >= 15 is 0 Å². The van der Waals surface area contributed by atoms with Crippen LogP contribution in [0.4, 0.5) is 5.69 Å². The zero-order valence-electron chi connectivity index (χ0n) is 18.2. The lowest BCUT2D eigenvalue weighted by Gasteiger charge is -2.11. The summed E-state index contributed by atoms with van der Waals surface area (Å²) >= 11 is 1.76. The molecule has 1 heterocycles. The van der Waals surface area contributed by atoms with Crippen LogP contribution in [0.25, 0.3) is 11.3 Å². The van der Waals surface area contributed by atoms with Gasteiger partial charge in [-0.1, -0.05) is 18.2 Å². The average Bonchev–Trinajstić information content (AvgIpc) is 3.37. The second-order valence-electron chi connectivity index (χ2n) is 8.02. The van der Waals surface area contributed by atoms with E-state index in [0.29, 0.717) is 0 Å². The molecule has 3 aromatic rings. The predicted octanol–water partition coefficient (Wildman–Crippen LogP) is 6.54. The summed E-state index contributed by atoms with van der Waals surface area (Å²) in [6.45, 7) is 7.39. The van der Waals surface area contributed by atoms with E-state index in [1.165, 1.54) is 57.7 Å². The van der Waals surface area contributed by atoms with Crippen LogP contribution < -0.4 is 0 Å². The van der Waals surface area contributed by atoms with Crippen LogP contribution in [0.1, 0.15) is 46.2 Å². The van der Waals surface area contributed by atoms with Crippen molar-refractivity contribution in [2.45, 2.75) is 46.5 Å². The monoisotopic (exact) mass is 439 g/mol. The summed E-state index contributed by atoms with van der Waals surface area (Å²) in [5.74, 6) is 0. The number of hydrogen-bond donors (Lipinski definition) is 0. The second-order valence-corrected chi connectivity index (χ2v) is 8.97. The molecular formula is C25H30ClN3S. The van der Waals surface area contributed by atoms with E-state index in [1.54, 1.807) is 11.3 Å². The largest absolute Gasteiger partial charge is 0.366 e. The summed E-state index contributed by atoms with van der Waals surface area (Å²) in [5.41, 5.74) is 10.3. The quantitative estimate of drug-likeness (QED) is 0.322. The van der Waals surface area contributed by atoms with E-state index in [2.05, 4.69) is 66.4 Å². The molecule has 4 rings (SSSR count). The Hall–Kier alpha value is -2.17. The molecule has 0 bridgehead atoms. The molecule has 0 atom stereocenters. The zero-order chi connectivity index (χ0) is 20.4. The van der Waals surface area contributed by atoms with Gasteiger partial charge < -0.3 is 4.90 Å². The molecule has 30 heavy (non-hydrogen) atoms. The fourth-order valence-corrected chi connectivity index (χ4v) is 4.68. The molecule has 1 aromatic heterocycles. The number of aliphatic imine (C=N–C) groups is 1. The smallest absolute Gasteiger partial charge is 0.0976 e. The maximum atomic E-state index is 4.95. The van der Waals surface area contributed by atoms with Crippen molar-refractivity contribution in [1.82, 2.24) is 9.88 Å². The van der Waals surface area contributed by atoms with Gasteiger partial charge in [-0.2, -0.15) is 0 Å². The second kappa shape index (κ2) is 9.76. The number of thiazole rings is 1. The lowest BCUT2D eigenvalue weighted by molar-refractivity contribution is 0.552. The molecule has 2 aromatic carbocycles. The van der Waals surface area contributed by atoms with Crippen molar-refractivity contribution in [2.75, 3.05) is 13.6 Å². The molecular weight excluding hydrogens is 410 g/mol. The molecule has 0 N–H and O–H groups in total. The Morgan fingerprint density at radius 3 is 2.70 bits per heavy atom. The first-order valence-corrected chi connectivity index (χ1v) is 11.3. The van der Waals surface area contributed by atoms with E-state index in [-0.39, 0.29) is 12.4 Å². The highest BCUT2D eigenvalue weighted by Gasteiger charge is 2.13. The van der Waals surface area contributed by atoms with Gasteiger partial charge in [0.2, 0.25) is 0 Å². The van der Waals surface area contributed by atoms with Gasteiger partial charge in [0.05, 0.1) is 22.7 Å². The molecule has 0 amide bonds. The standard InChI is InChI=1S/C25H29N3S.ClH/c1-5-28(4)16-26-23-12-17(2)22(11-18(23)3)14-25-27-24(15-29-25)21-10-9-19-7-6-8-20(19)13-21;/h9-13,15-16H,5-8,14H2,1-4H3;1H. The lowest BCUT2D eigenvalue weighted by Crippen LogP contribution is -2.14. The highest BCUT2D eigenvalue weighted by Crippen LogP contribution is 2.30. The third kappa shape index (κ3) is 4.93. The van der Waals surface area contributed by atoms with E-state index in [0.717, 1.165) is 24.3 Å². The van der Waals surface area contributed by atoms with Crippen molar-refractivity contribution < 1.29 is 0 Å². The van der Waals surface area contributed by atoms with Gasteiger partial charge in [-0.25, -0.2) is 9.98 Å². The SMILES string of the molecule is CCN(C)C=Nc1cc(C)c(Cc2nc(-c3ccc4c(c3)CCC4)cs2)cc1C.Cl. The first-order valence-electron chi connectivity index (χ1n) is 10.4. The Bertz CT molecular complexity index is 1050. The number of fused-ring (bicyclic) bond motifs is 1. The minimum atomic E-state index is 0. The number of aryl methyl sites for hydroxylation is 4. The summed E-state index contributed by atoms with van der Waals surface area (Å²) in [5, 5.41) is 3.37. The van der Waals surface area contributed by atoms with Gasteiger partial charge in [-0.15, -0.1) is 23.7 Å². The number of nitrogens with zero attached hydrogens (tertiary/aromatic N) is 3. The predicted molar refractivity (Wildman–Crippen MR) is 132 cm³/mol. The molecule has 0 spiro atoms. The molecule has 0 saturated heterocycles. The fraction of sp³-hybridized carbons (Fsp3) is 0.360. The fourth-order valence-electron chi connectivity index (χ4n) is 3.85. The Morgan fingerprint density at radius 1 is 1.10 bits per heavy atom. The molecule has 0 unspecified atom stereocenters. The van der Waals surface area contributed by atoms with Crippen molar-refractivity contribution in [3.05, 3.63) is 68.5 Å². The van der Waals surface area contributed by atoms with Crippen LogP contribution in [0.15, 0.2) is 40.7 Å². The van der Waals surface area contributed by atoms with Crippen molar-refractivity contribution in [3.63, 3.8) is 0 Å². The molecule has 0 saturated carbocycles. The van der Waals surface area contributed by atoms with Crippen molar-refractivity contribution in [3.8, 4) is 11.3 Å². The Labute approximate surface area is 190 Å². The molecule has 3 nitrogen and oxygen atoms in total. The number of halogens is 1. The molecule has 0 aliphatic heterocycles. The van der Waals surface area contributed by atoms with Crippen molar-refractivity contribution >= 4 is 35.8 Å². The van der Waals surface area contributed by atoms with Gasteiger partial charge >= 0.3 is 0 Å². The van der Waals surface area contributed by atoms with E-state index in [4.69, 9.17) is 4.98 Å². The van der Waals surface area contributed by atoms with Crippen LogP contribution >= 0.6 is 23.7 Å². The van der Waals surface area contributed by atoms with E-state index < -0.39 is 0 Å². The molecule has 0 radical (unpaired) electrons. The van der Waals surface area contributed by atoms with E-state index in [1.807, 2.05) is 13.4 Å². The van der Waals surface area contributed by atoms with E-state index in [9.17, 15) is 0 Å². The van der Waals surface area contributed by atoms with Gasteiger partial charge in [0, 0.05) is 31.0 Å². The summed E-state index contributed by atoms with van der Waals surface area (Å²) in [4.78, 5) is 11.7. The van der Waals surface area contributed by atoms with Crippen LogP contribution in [-0.2, 0) is 19.3 Å². The third-order valence-electron chi connectivity index (χ3n) is 5.83. The number of rotatable bonds is 6. The number of benzene rings is 2. The van der Waals surface area contributed by atoms with Gasteiger partial charge in [0.25, 0.3) is 0 Å². The topological polar surface area (TPSA) is 28.5 Å². The van der Waals surface area contributed by atoms with Crippen LogP contribution in [0, 0.1) is 13.8 Å². The molecule has 1 aliphatic rings. The number of aromatic nitrogens is 1. The maximum absolute atomic E-state index is 4.95. The average molecular weight is 440 g/mol. The van der Waals surface area contributed by atoms with Gasteiger partial charge in [0.15, 0.2) is 0 Å². The molecule has 158 valence electrons. The van der Waals surface area contributed by atoms with Crippen LogP contribution in [0.5, 0.6) is 0 Å². The summed E-state index contributed by atoms with van der Waals surface area (Å²) < 4.78 is 0. The minimum absolute atomic E-state index is 0. The minimum Gasteiger partial charge on any atom is -0.366 e. The third-order valence-corrected chi connectivity index (χ3v) is 6.68. The molecule has 1 aliphatic carbocycles. The van der Waals surface area contributed by atoms with Crippen molar-refractivity contribution in [2.24, 2.45) is 4.99 Å². The summed E-state index contributed by atoms with van der Waals surface area (Å²) in [6.07, 6.45) is 6.51. The maximum Gasteiger partial charge on any atom is 0.0976 e. The lowest BCUT2D eigenvalue weighted by atomic mass is 10.0. The summed E-state index contributed by atoms with van der Waals surface area (Å²) in [7, 11) is 2.04. The number of hydrogen-bond acceptors (Lipinski definition) is 3. The summed E-state index contributed by atoms with van der Waals surface area (Å²) in [6, 6.07) is 11.3. The molecule has 0 fully saturated rings. The van der Waals surface area contributed by atoms with Gasteiger partial charge in [-0.3, -0.25) is 0 Å². The first-order chi connectivity index (χ1) is 14.0. The van der Waals surface area contributed by atoms with Crippen LogP contribution in [0.3, 0.4) is 0 Å². The van der Waals surface area contributed by atoms with Crippen LogP contribution in [0.2, 0.25) is 0 Å². The van der Waals surface area contributed by atoms with Crippen molar-refractivity contribution in [1.29, 1.82) is 0 Å². The Kier molecular flexibility index (Phi) is 7.32. The normalized spacial score (nSPS) is 12.8. The Balaban J connectivity index is 0.00000256. The van der Waals surface area contributed by atoms with Crippen LogP contribution in [-0.4, -0.2) is 29.8 Å². The van der Waals surface area contributed by atoms with Gasteiger partial charge in [-0.05, 0) is 80.0 Å². The van der Waals surface area contributed by atoms with Gasteiger partial charge in [0.1, 0.15) is 0 Å². The first kappa shape index (κ1) is 22.5. The highest BCUT2D eigenvalue weighted by molar-refractivity contribution is 7.10.